The summed E-state index contributed by atoms with van der Waals surface area (Å²) in [4.78, 5) is 17.2. The first kappa shape index (κ1) is 16.7. The Morgan fingerprint density at radius 3 is 2.85 bits per heavy atom. The van der Waals surface area contributed by atoms with Gasteiger partial charge in [0.2, 0.25) is 5.95 Å². The molecule has 0 bridgehead atoms. The van der Waals surface area contributed by atoms with E-state index in [9.17, 15) is 0 Å². The molecule has 1 saturated heterocycles. The second-order valence-electron chi connectivity index (χ2n) is 6.32. The fourth-order valence-corrected chi connectivity index (χ4v) is 4.47. The predicted molar refractivity (Wildman–Crippen MR) is 113 cm³/mol. The van der Waals surface area contributed by atoms with Crippen molar-refractivity contribution in [2.45, 2.75) is 4.90 Å². The molecule has 136 valence electrons. The number of thiazole rings is 1. The molecule has 1 fully saturated rings. The van der Waals surface area contributed by atoms with Crippen LogP contribution in [0.1, 0.15) is 0 Å². The van der Waals surface area contributed by atoms with Crippen LogP contribution in [0, 0.1) is 0 Å². The number of nitrogens with zero attached hydrogens (tertiary/aromatic N) is 4. The fourth-order valence-electron chi connectivity index (χ4n) is 3.13. The van der Waals surface area contributed by atoms with E-state index in [-0.39, 0.29) is 0 Å². The molecule has 3 heterocycles. The van der Waals surface area contributed by atoms with E-state index in [1.54, 1.807) is 11.3 Å². The van der Waals surface area contributed by atoms with Gasteiger partial charge in [0, 0.05) is 35.3 Å². The van der Waals surface area contributed by atoms with Crippen LogP contribution in [0.25, 0.3) is 21.1 Å². The highest BCUT2D eigenvalue weighted by Crippen LogP contribution is 2.34. The van der Waals surface area contributed by atoms with Gasteiger partial charge in [0.25, 0.3) is 0 Å². The maximum absolute atomic E-state index is 5.45. The molecule has 0 unspecified atom stereocenters. The molecule has 0 saturated carbocycles. The average Bonchev–Trinajstić information content (AvgIpc) is 3.14. The fraction of sp³-hybridized carbons (Fsp3) is 0.211. The summed E-state index contributed by atoms with van der Waals surface area (Å²) >= 11 is 6.06. The van der Waals surface area contributed by atoms with Crippen LogP contribution in [0.5, 0.6) is 0 Å². The predicted octanol–water partition coefficient (Wildman–Crippen LogP) is 4.11. The molecular formula is C19H17N5OS2. The summed E-state index contributed by atoms with van der Waals surface area (Å²) in [5, 5.41) is 5.29. The van der Waals surface area contributed by atoms with Crippen molar-refractivity contribution in [3.63, 3.8) is 0 Å². The van der Waals surface area contributed by atoms with Crippen LogP contribution >= 0.6 is 24.0 Å². The minimum Gasteiger partial charge on any atom is -0.378 e. The van der Waals surface area contributed by atoms with Crippen molar-refractivity contribution in [3.8, 4) is 0 Å². The topological polar surface area (TPSA) is 63.2 Å². The lowest BCUT2D eigenvalue weighted by atomic mass is 10.2. The van der Waals surface area contributed by atoms with Gasteiger partial charge in [-0.1, -0.05) is 17.4 Å². The molecule has 0 spiro atoms. The summed E-state index contributed by atoms with van der Waals surface area (Å²) in [5.74, 6) is 0.565. The third kappa shape index (κ3) is 3.31. The molecule has 2 aromatic heterocycles. The van der Waals surface area contributed by atoms with Gasteiger partial charge in [0.1, 0.15) is 0 Å². The van der Waals surface area contributed by atoms with Gasteiger partial charge in [0.05, 0.1) is 28.9 Å². The van der Waals surface area contributed by atoms with Crippen molar-refractivity contribution in [1.82, 2.24) is 15.0 Å². The monoisotopic (exact) mass is 395 g/mol. The number of hydrogen-bond acceptors (Lipinski definition) is 8. The molecule has 8 heteroatoms. The van der Waals surface area contributed by atoms with Gasteiger partial charge >= 0.3 is 0 Å². The molecule has 1 N–H and O–H groups in total. The van der Waals surface area contributed by atoms with Crippen molar-refractivity contribution in [2.24, 2.45) is 0 Å². The summed E-state index contributed by atoms with van der Waals surface area (Å²) in [6, 6.07) is 11.9. The van der Waals surface area contributed by atoms with E-state index in [0.29, 0.717) is 5.95 Å². The van der Waals surface area contributed by atoms with Crippen LogP contribution in [0.15, 0.2) is 47.5 Å². The van der Waals surface area contributed by atoms with Gasteiger partial charge < -0.3 is 15.0 Å². The summed E-state index contributed by atoms with van der Waals surface area (Å²) < 4.78 is 6.53. The van der Waals surface area contributed by atoms with Crippen LogP contribution in [0.2, 0.25) is 0 Å². The molecule has 2 aromatic carbocycles. The molecule has 27 heavy (non-hydrogen) atoms. The van der Waals surface area contributed by atoms with Crippen molar-refractivity contribution in [3.05, 3.63) is 42.6 Å². The summed E-state index contributed by atoms with van der Waals surface area (Å²) in [5.41, 5.74) is 2.80. The highest BCUT2D eigenvalue weighted by atomic mass is 32.1. The van der Waals surface area contributed by atoms with Crippen LogP contribution < -0.4 is 10.2 Å². The van der Waals surface area contributed by atoms with Crippen LogP contribution in [0.4, 0.5) is 16.8 Å². The molecule has 1 aliphatic heterocycles. The number of thiol groups is 1. The Morgan fingerprint density at radius 1 is 1.11 bits per heavy atom. The normalized spacial score (nSPS) is 14.8. The lowest BCUT2D eigenvalue weighted by molar-refractivity contribution is 0.122. The summed E-state index contributed by atoms with van der Waals surface area (Å²) in [7, 11) is 0. The van der Waals surface area contributed by atoms with Gasteiger partial charge in [-0.05, 0) is 30.3 Å². The number of ether oxygens (including phenoxy) is 1. The zero-order chi connectivity index (χ0) is 18.2. The maximum Gasteiger partial charge on any atom is 0.227 e. The zero-order valence-electron chi connectivity index (χ0n) is 14.4. The molecule has 4 aromatic rings. The van der Waals surface area contributed by atoms with E-state index < -0.39 is 0 Å². The number of benzene rings is 2. The Morgan fingerprint density at radius 2 is 2.00 bits per heavy atom. The van der Waals surface area contributed by atoms with Gasteiger partial charge in [-0.15, -0.1) is 12.6 Å². The van der Waals surface area contributed by atoms with Crippen LogP contribution in [0.3, 0.4) is 0 Å². The van der Waals surface area contributed by atoms with E-state index in [1.165, 1.54) is 0 Å². The maximum atomic E-state index is 5.45. The van der Waals surface area contributed by atoms with Gasteiger partial charge in [-0.2, -0.15) is 0 Å². The number of morpholine rings is 1. The number of hydrogen-bond donors (Lipinski definition) is 2. The van der Waals surface area contributed by atoms with Crippen LogP contribution in [-0.2, 0) is 4.74 Å². The molecule has 0 radical (unpaired) electrons. The summed E-state index contributed by atoms with van der Waals surface area (Å²) in [6.07, 6.45) is 1.85. The standard InChI is InChI=1S/C19H17N5OS2/c26-14-3-1-2-13(10-14)21-18-20-11-12-4-5-15-17(16(12)23-18)27-19(22-15)24-6-8-25-9-7-24/h1-5,10-11,26H,6-9H2,(H,20,21,23). The first-order chi connectivity index (χ1) is 13.3. The minimum absolute atomic E-state index is 0.565. The quantitative estimate of drug-likeness (QED) is 0.509. The van der Waals surface area contributed by atoms with E-state index in [0.717, 1.165) is 63.1 Å². The van der Waals surface area contributed by atoms with E-state index in [4.69, 9.17) is 14.7 Å². The first-order valence-electron chi connectivity index (χ1n) is 8.71. The lowest BCUT2D eigenvalue weighted by Crippen LogP contribution is -2.36. The second kappa shape index (κ2) is 6.95. The number of aromatic nitrogens is 3. The molecule has 6 nitrogen and oxygen atoms in total. The van der Waals surface area contributed by atoms with Crippen molar-refractivity contribution < 1.29 is 4.74 Å². The third-order valence-electron chi connectivity index (χ3n) is 4.48. The highest BCUT2D eigenvalue weighted by Gasteiger charge is 2.17. The number of nitrogens with one attached hydrogen (secondary N) is 1. The Hall–Kier alpha value is -2.42. The highest BCUT2D eigenvalue weighted by molar-refractivity contribution is 7.80. The third-order valence-corrected chi connectivity index (χ3v) is 5.90. The number of rotatable bonds is 3. The van der Waals surface area contributed by atoms with E-state index in [1.807, 2.05) is 42.6 Å². The molecular weight excluding hydrogens is 378 g/mol. The Balaban J connectivity index is 1.55. The smallest absolute Gasteiger partial charge is 0.227 e. The lowest BCUT2D eigenvalue weighted by Gasteiger charge is -2.25. The molecule has 5 rings (SSSR count). The van der Waals surface area contributed by atoms with Crippen molar-refractivity contribution in [1.29, 1.82) is 0 Å². The van der Waals surface area contributed by atoms with Crippen molar-refractivity contribution >= 4 is 61.9 Å². The first-order valence-corrected chi connectivity index (χ1v) is 9.98. The van der Waals surface area contributed by atoms with E-state index in [2.05, 4.69) is 27.8 Å². The van der Waals surface area contributed by atoms with Gasteiger partial charge in [-0.3, -0.25) is 0 Å². The van der Waals surface area contributed by atoms with Crippen LogP contribution in [-0.4, -0.2) is 41.3 Å². The molecule has 0 aliphatic carbocycles. The zero-order valence-corrected chi connectivity index (χ0v) is 16.1. The number of fused-ring (bicyclic) bond motifs is 3. The average molecular weight is 396 g/mol. The van der Waals surface area contributed by atoms with Gasteiger partial charge in [-0.25, -0.2) is 15.0 Å². The van der Waals surface area contributed by atoms with Gasteiger partial charge in [0.15, 0.2) is 5.13 Å². The second-order valence-corrected chi connectivity index (χ2v) is 7.81. The Kier molecular flexibility index (Phi) is 4.31. The Labute approximate surface area is 165 Å². The summed E-state index contributed by atoms with van der Waals surface area (Å²) in [6.45, 7) is 3.24. The number of anilines is 3. The molecule has 0 atom stereocenters. The largest absolute Gasteiger partial charge is 0.378 e. The molecule has 1 aliphatic rings. The van der Waals surface area contributed by atoms with E-state index >= 15 is 0 Å². The van der Waals surface area contributed by atoms with Crippen molar-refractivity contribution in [2.75, 3.05) is 36.5 Å². The molecule has 0 amide bonds. The Bertz CT molecular complexity index is 1120. The minimum atomic E-state index is 0.565. The SMILES string of the molecule is Sc1cccc(Nc2ncc3ccc4nc(N5CCOCC5)sc4c3n2)c1.